The lowest BCUT2D eigenvalue weighted by molar-refractivity contribution is -0.144. The summed E-state index contributed by atoms with van der Waals surface area (Å²) in [7, 11) is 1.67. The Balaban J connectivity index is 2.50. The van der Waals surface area contributed by atoms with Crippen LogP contribution in [0.25, 0.3) is 0 Å². The number of aromatic nitrogens is 3. The molecule has 1 aromatic carbocycles. The molecule has 2 rings (SSSR count). The Kier molecular flexibility index (Phi) is 4.39. The van der Waals surface area contributed by atoms with Crippen LogP contribution in [0.3, 0.4) is 0 Å². The molecule has 2 N–H and O–H groups in total. The number of hydrogen-bond donors (Lipinski definition) is 1. The van der Waals surface area contributed by atoms with Crippen molar-refractivity contribution >= 4 is 27.8 Å². The van der Waals surface area contributed by atoms with Crippen molar-refractivity contribution in [1.82, 2.24) is 14.8 Å². The number of hydrogen-bond acceptors (Lipinski definition) is 5. The van der Waals surface area contributed by atoms with Crippen molar-refractivity contribution in [2.24, 2.45) is 7.05 Å². The molecule has 0 spiro atoms. The fourth-order valence-electron chi connectivity index (χ4n) is 1.85. The topological polar surface area (TPSA) is 83.0 Å². The summed E-state index contributed by atoms with van der Waals surface area (Å²) in [5, 5.41) is 4.19. The Morgan fingerprint density at radius 3 is 2.75 bits per heavy atom. The van der Waals surface area contributed by atoms with E-state index in [1.165, 1.54) is 4.68 Å². The maximum absolute atomic E-state index is 12.2. The van der Waals surface area contributed by atoms with Crippen LogP contribution >= 0.6 is 15.9 Å². The lowest BCUT2D eigenvalue weighted by atomic mass is 9.98. The fourth-order valence-corrected chi connectivity index (χ4v) is 2.36. The van der Waals surface area contributed by atoms with Crippen LogP contribution in [0.15, 0.2) is 28.7 Å². The van der Waals surface area contributed by atoms with E-state index in [2.05, 4.69) is 26.0 Å². The van der Waals surface area contributed by atoms with E-state index >= 15 is 0 Å². The van der Waals surface area contributed by atoms with Crippen molar-refractivity contribution in [1.29, 1.82) is 0 Å². The molecule has 106 valence electrons. The number of rotatable bonds is 4. The quantitative estimate of drug-likeness (QED) is 0.860. The molecule has 2 aromatic rings. The molecule has 0 amide bonds. The molecular formula is C13H15BrN4O2. The third-order valence-electron chi connectivity index (χ3n) is 2.81. The molecule has 1 aromatic heterocycles. The zero-order chi connectivity index (χ0) is 14.7. The van der Waals surface area contributed by atoms with Crippen molar-refractivity contribution in [3.8, 4) is 0 Å². The van der Waals surface area contributed by atoms with Crippen LogP contribution < -0.4 is 5.73 Å². The largest absolute Gasteiger partial charge is 0.465 e. The summed E-state index contributed by atoms with van der Waals surface area (Å²) in [4.78, 5) is 16.4. The van der Waals surface area contributed by atoms with Crippen LogP contribution in [0.4, 0.5) is 5.95 Å². The first-order chi connectivity index (χ1) is 9.54. The highest BCUT2D eigenvalue weighted by Gasteiger charge is 2.30. The molecule has 7 heteroatoms. The van der Waals surface area contributed by atoms with E-state index in [-0.39, 0.29) is 5.95 Å². The van der Waals surface area contributed by atoms with Crippen molar-refractivity contribution in [3.63, 3.8) is 0 Å². The molecule has 0 saturated carbocycles. The zero-order valence-electron chi connectivity index (χ0n) is 11.2. The average Bonchev–Trinajstić information content (AvgIpc) is 2.72. The van der Waals surface area contributed by atoms with Crippen LogP contribution in [-0.2, 0) is 16.6 Å². The second-order valence-corrected chi connectivity index (χ2v) is 5.01. The van der Waals surface area contributed by atoms with Gasteiger partial charge in [0.25, 0.3) is 0 Å². The Morgan fingerprint density at radius 1 is 1.50 bits per heavy atom. The number of carbonyl (C=O) groups is 1. The van der Waals surface area contributed by atoms with E-state index in [1.807, 2.05) is 24.3 Å². The third kappa shape index (κ3) is 2.82. The predicted molar refractivity (Wildman–Crippen MR) is 78.0 cm³/mol. The summed E-state index contributed by atoms with van der Waals surface area (Å²) in [5.41, 5.74) is 6.44. The number of carbonyl (C=O) groups excluding carboxylic acids is 1. The van der Waals surface area contributed by atoms with Crippen LogP contribution in [0.2, 0.25) is 0 Å². The summed E-state index contributed by atoms with van der Waals surface area (Å²) in [6.45, 7) is 2.05. The van der Waals surface area contributed by atoms with Crippen LogP contribution in [0.1, 0.15) is 24.2 Å². The monoisotopic (exact) mass is 338 g/mol. The van der Waals surface area contributed by atoms with E-state index in [9.17, 15) is 4.79 Å². The molecule has 0 aliphatic rings. The maximum Gasteiger partial charge on any atom is 0.321 e. The Bertz CT molecular complexity index is 607. The van der Waals surface area contributed by atoms with Gasteiger partial charge in [0.2, 0.25) is 5.95 Å². The van der Waals surface area contributed by atoms with E-state index < -0.39 is 11.9 Å². The maximum atomic E-state index is 12.2. The average molecular weight is 339 g/mol. The first-order valence-electron chi connectivity index (χ1n) is 6.12. The molecule has 1 unspecified atom stereocenters. The molecule has 1 atom stereocenters. The number of halogens is 1. The van der Waals surface area contributed by atoms with Crippen molar-refractivity contribution in [3.05, 3.63) is 40.1 Å². The number of nitrogen functional groups attached to an aromatic ring is 1. The molecule has 0 radical (unpaired) electrons. The second-order valence-electron chi connectivity index (χ2n) is 4.16. The van der Waals surface area contributed by atoms with E-state index in [4.69, 9.17) is 10.5 Å². The summed E-state index contributed by atoms with van der Waals surface area (Å²) in [5.74, 6) is -0.518. The third-order valence-corrected chi connectivity index (χ3v) is 3.53. The summed E-state index contributed by atoms with van der Waals surface area (Å²) in [6, 6.07) is 7.40. The standard InChI is InChI=1S/C13H15BrN4O2/c1-3-20-12(19)10(8-6-4-5-7-9(8)14)11-16-13(15)18(2)17-11/h4-7,10H,3H2,1-2H3,(H2,15,16,17). The lowest BCUT2D eigenvalue weighted by Gasteiger charge is -2.14. The minimum absolute atomic E-state index is 0.251. The molecule has 1 heterocycles. The molecule has 0 fully saturated rings. The van der Waals surface area contributed by atoms with Gasteiger partial charge in [-0.2, -0.15) is 10.1 Å². The lowest BCUT2D eigenvalue weighted by Crippen LogP contribution is -2.19. The second kappa shape index (κ2) is 6.04. The summed E-state index contributed by atoms with van der Waals surface area (Å²) < 4.78 is 7.35. The van der Waals surface area contributed by atoms with Gasteiger partial charge in [0.15, 0.2) is 5.82 Å². The molecule has 0 aliphatic heterocycles. The van der Waals surface area contributed by atoms with Gasteiger partial charge in [-0.3, -0.25) is 4.79 Å². The van der Waals surface area contributed by atoms with Gasteiger partial charge in [0, 0.05) is 11.5 Å². The summed E-state index contributed by atoms with van der Waals surface area (Å²) in [6.07, 6.45) is 0. The van der Waals surface area contributed by atoms with Crippen molar-refractivity contribution in [2.45, 2.75) is 12.8 Å². The van der Waals surface area contributed by atoms with Gasteiger partial charge < -0.3 is 10.5 Å². The first kappa shape index (κ1) is 14.5. The Morgan fingerprint density at radius 2 is 2.20 bits per heavy atom. The number of benzene rings is 1. The smallest absolute Gasteiger partial charge is 0.321 e. The zero-order valence-corrected chi connectivity index (χ0v) is 12.8. The van der Waals surface area contributed by atoms with Gasteiger partial charge in [-0.05, 0) is 18.6 Å². The molecule has 6 nitrogen and oxygen atoms in total. The first-order valence-corrected chi connectivity index (χ1v) is 6.91. The molecule has 20 heavy (non-hydrogen) atoms. The van der Waals surface area contributed by atoms with Gasteiger partial charge in [-0.25, -0.2) is 4.68 Å². The van der Waals surface area contributed by atoms with Gasteiger partial charge in [-0.1, -0.05) is 34.1 Å². The number of anilines is 1. The SMILES string of the molecule is CCOC(=O)C(c1nc(N)n(C)n1)c1ccccc1Br. The van der Waals surface area contributed by atoms with Gasteiger partial charge in [0.1, 0.15) is 5.92 Å². The van der Waals surface area contributed by atoms with Crippen LogP contribution in [0.5, 0.6) is 0 Å². The molecule has 0 bridgehead atoms. The Hall–Kier alpha value is -1.89. The minimum Gasteiger partial charge on any atom is -0.465 e. The minimum atomic E-state index is -0.700. The van der Waals surface area contributed by atoms with E-state index in [1.54, 1.807) is 14.0 Å². The van der Waals surface area contributed by atoms with Crippen molar-refractivity contribution in [2.75, 3.05) is 12.3 Å². The highest BCUT2D eigenvalue weighted by atomic mass is 79.9. The van der Waals surface area contributed by atoms with Crippen LogP contribution in [0, 0.1) is 0 Å². The Labute approximate surface area is 125 Å². The fraction of sp³-hybridized carbons (Fsp3) is 0.308. The molecular weight excluding hydrogens is 324 g/mol. The van der Waals surface area contributed by atoms with E-state index in [0.717, 1.165) is 10.0 Å². The predicted octanol–water partition coefficient (Wildman–Crippen LogP) is 1.85. The molecule has 0 aliphatic carbocycles. The number of ether oxygens (including phenoxy) is 1. The summed E-state index contributed by atoms with van der Waals surface area (Å²) >= 11 is 3.44. The van der Waals surface area contributed by atoms with Crippen LogP contribution in [-0.4, -0.2) is 27.3 Å². The molecule has 0 saturated heterocycles. The van der Waals surface area contributed by atoms with Gasteiger partial charge in [-0.15, -0.1) is 0 Å². The number of esters is 1. The number of nitrogens with two attached hydrogens (primary N) is 1. The highest BCUT2D eigenvalue weighted by Crippen LogP contribution is 2.30. The number of nitrogens with zero attached hydrogens (tertiary/aromatic N) is 3. The van der Waals surface area contributed by atoms with E-state index in [0.29, 0.717) is 12.4 Å². The highest BCUT2D eigenvalue weighted by molar-refractivity contribution is 9.10. The van der Waals surface area contributed by atoms with Crippen molar-refractivity contribution < 1.29 is 9.53 Å². The normalized spacial score (nSPS) is 12.2. The number of aryl methyl sites for hydroxylation is 1. The van der Waals surface area contributed by atoms with Gasteiger partial charge >= 0.3 is 5.97 Å². The van der Waals surface area contributed by atoms with Gasteiger partial charge in [0.05, 0.1) is 6.61 Å².